The highest BCUT2D eigenvalue weighted by atomic mass is 79.9. The van der Waals surface area contributed by atoms with Gasteiger partial charge in [-0.25, -0.2) is 0 Å². The Balaban J connectivity index is 2.18. The largest absolute Gasteiger partial charge is 0.390 e. The minimum Gasteiger partial charge on any atom is -0.390 e. The Morgan fingerprint density at radius 1 is 1.20 bits per heavy atom. The predicted octanol–water partition coefficient (Wildman–Crippen LogP) is 2.19. The van der Waals surface area contributed by atoms with Crippen molar-refractivity contribution in [2.45, 2.75) is 13.2 Å². The fourth-order valence-electron chi connectivity index (χ4n) is 1.40. The lowest BCUT2D eigenvalue weighted by molar-refractivity contribution is 0.269. The number of hydrogen-bond donors (Lipinski definition) is 1. The first-order valence-corrected chi connectivity index (χ1v) is 5.45. The molecule has 2 rings (SSSR count). The number of aliphatic hydroxyl groups excluding tert-OH is 1. The van der Waals surface area contributed by atoms with Gasteiger partial charge in [-0.05, 0) is 23.8 Å². The fraction of sp³-hybridized carbons (Fsp3) is 0.182. The molecule has 0 aliphatic carbocycles. The molecule has 0 spiro atoms. The standard InChI is InChI=1S/C11H11BrN2O/c12-10-3-1-9(2-4-10)7-14-11(8-15)5-6-13-14/h1-6,15H,7-8H2. The van der Waals surface area contributed by atoms with Gasteiger partial charge in [0.2, 0.25) is 0 Å². The van der Waals surface area contributed by atoms with Gasteiger partial charge >= 0.3 is 0 Å². The van der Waals surface area contributed by atoms with E-state index in [0.29, 0.717) is 6.54 Å². The predicted molar refractivity (Wildman–Crippen MR) is 61.4 cm³/mol. The summed E-state index contributed by atoms with van der Waals surface area (Å²) < 4.78 is 2.86. The van der Waals surface area contributed by atoms with E-state index in [4.69, 9.17) is 5.11 Å². The minimum absolute atomic E-state index is 0.0243. The van der Waals surface area contributed by atoms with Gasteiger partial charge in [0.1, 0.15) is 0 Å². The average molecular weight is 267 g/mol. The maximum Gasteiger partial charge on any atom is 0.0850 e. The second-order valence-electron chi connectivity index (χ2n) is 3.26. The van der Waals surface area contributed by atoms with Gasteiger partial charge in [0, 0.05) is 10.7 Å². The molecule has 78 valence electrons. The average Bonchev–Trinajstić information content (AvgIpc) is 2.69. The summed E-state index contributed by atoms with van der Waals surface area (Å²) in [6, 6.07) is 9.88. The van der Waals surface area contributed by atoms with Crippen molar-refractivity contribution in [3.8, 4) is 0 Å². The molecule has 0 bridgehead atoms. The number of aliphatic hydroxyl groups is 1. The highest BCUT2D eigenvalue weighted by molar-refractivity contribution is 9.10. The molecule has 0 fully saturated rings. The molecule has 0 saturated heterocycles. The quantitative estimate of drug-likeness (QED) is 0.925. The highest BCUT2D eigenvalue weighted by Crippen LogP contribution is 2.12. The molecule has 1 heterocycles. The van der Waals surface area contributed by atoms with Gasteiger partial charge in [0.05, 0.1) is 18.8 Å². The summed E-state index contributed by atoms with van der Waals surface area (Å²) in [5, 5.41) is 13.2. The molecule has 0 unspecified atom stereocenters. The van der Waals surface area contributed by atoms with E-state index in [1.54, 1.807) is 10.9 Å². The second kappa shape index (κ2) is 4.59. The van der Waals surface area contributed by atoms with E-state index in [-0.39, 0.29) is 6.61 Å². The molecular weight excluding hydrogens is 256 g/mol. The maximum absolute atomic E-state index is 9.06. The van der Waals surface area contributed by atoms with E-state index < -0.39 is 0 Å². The third-order valence-electron chi connectivity index (χ3n) is 2.21. The van der Waals surface area contributed by atoms with Crippen molar-refractivity contribution in [2.24, 2.45) is 0 Å². The number of aromatic nitrogens is 2. The van der Waals surface area contributed by atoms with Crippen molar-refractivity contribution in [3.63, 3.8) is 0 Å². The summed E-state index contributed by atoms with van der Waals surface area (Å²) in [7, 11) is 0. The van der Waals surface area contributed by atoms with Gasteiger partial charge < -0.3 is 5.11 Å². The monoisotopic (exact) mass is 266 g/mol. The topological polar surface area (TPSA) is 38.1 Å². The Bertz CT molecular complexity index is 436. The molecule has 3 nitrogen and oxygen atoms in total. The molecule has 1 N–H and O–H groups in total. The van der Waals surface area contributed by atoms with E-state index in [0.717, 1.165) is 15.7 Å². The van der Waals surface area contributed by atoms with Crippen molar-refractivity contribution >= 4 is 15.9 Å². The zero-order chi connectivity index (χ0) is 10.7. The highest BCUT2D eigenvalue weighted by Gasteiger charge is 2.01. The first kappa shape index (κ1) is 10.4. The van der Waals surface area contributed by atoms with Crippen LogP contribution in [0.5, 0.6) is 0 Å². The van der Waals surface area contributed by atoms with E-state index in [2.05, 4.69) is 21.0 Å². The Morgan fingerprint density at radius 2 is 1.93 bits per heavy atom. The van der Waals surface area contributed by atoms with Crippen LogP contribution < -0.4 is 0 Å². The Kier molecular flexibility index (Phi) is 3.18. The summed E-state index contributed by atoms with van der Waals surface area (Å²) in [5.74, 6) is 0. The number of rotatable bonds is 3. The van der Waals surface area contributed by atoms with Crippen molar-refractivity contribution in [1.82, 2.24) is 9.78 Å². The third-order valence-corrected chi connectivity index (χ3v) is 2.74. The van der Waals surface area contributed by atoms with Crippen LogP contribution in [0.25, 0.3) is 0 Å². The van der Waals surface area contributed by atoms with Crippen LogP contribution in [0, 0.1) is 0 Å². The van der Waals surface area contributed by atoms with Crippen LogP contribution in [0.3, 0.4) is 0 Å². The second-order valence-corrected chi connectivity index (χ2v) is 4.18. The van der Waals surface area contributed by atoms with Gasteiger partial charge in [-0.2, -0.15) is 5.10 Å². The summed E-state index contributed by atoms with van der Waals surface area (Å²) in [6.07, 6.45) is 1.70. The number of halogens is 1. The summed E-state index contributed by atoms with van der Waals surface area (Å²) in [5.41, 5.74) is 1.99. The van der Waals surface area contributed by atoms with E-state index in [1.165, 1.54) is 0 Å². The van der Waals surface area contributed by atoms with Crippen LogP contribution in [-0.2, 0) is 13.2 Å². The summed E-state index contributed by atoms with van der Waals surface area (Å²) in [4.78, 5) is 0. The Labute approximate surface area is 96.5 Å². The van der Waals surface area contributed by atoms with Crippen molar-refractivity contribution < 1.29 is 5.11 Å². The number of benzene rings is 1. The number of nitrogens with zero attached hydrogens (tertiary/aromatic N) is 2. The van der Waals surface area contributed by atoms with Crippen LogP contribution in [0.1, 0.15) is 11.3 Å². The zero-order valence-electron chi connectivity index (χ0n) is 8.10. The van der Waals surface area contributed by atoms with Crippen molar-refractivity contribution in [2.75, 3.05) is 0 Å². The summed E-state index contributed by atoms with van der Waals surface area (Å²) >= 11 is 3.39. The molecule has 1 aromatic heterocycles. The molecular formula is C11H11BrN2O. The molecule has 0 aliphatic rings. The van der Waals surface area contributed by atoms with Gasteiger partial charge in [-0.1, -0.05) is 28.1 Å². The molecule has 0 amide bonds. The first-order valence-electron chi connectivity index (χ1n) is 4.65. The minimum atomic E-state index is 0.0243. The Hall–Kier alpha value is -1.13. The van der Waals surface area contributed by atoms with Gasteiger partial charge in [0.25, 0.3) is 0 Å². The fourth-order valence-corrected chi connectivity index (χ4v) is 1.66. The van der Waals surface area contributed by atoms with Crippen LogP contribution in [0.15, 0.2) is 41.0 Å². The molecule has 0 saturated carbocycles. The molecule has 15 heavy (non-hydrogen) atoms. The smallest absolute Gasteiger partial charge is 0.0850 e. The SMILES string of the molecule is OCc1ccnn1Cc1ccc(Br)cc1. The van der Waals surface area contributed by atoms with Crippen LogP contribution in [-0.4, -0.2) is 14.9 Å². The van der Waals surface area contributed by atoms with Crippen LogP contribution in [0.4, 0.5) is 0 Å². The van der Waals surface area contributed by atoms with Gasteiger partial charge in [-0.3, -0.25) is 4.68 Å². The molecule has 1 aromatic carbocycles. The van der Waals surface area contributed by atoms with Gasteiger partial charge in [-0.15, -0.1) is 0 Å². The lowest BCUT2D eigenvalue weighted by atomic mass is 10.2. The van der Waals surface area contributed by atoms with Gasteiger partial charge in [0.15, 0.2) is 0 Å². The molecule has 2 aromatic rings. The normalized spacial score (nSPS) is 10.5. The van der Waals surface area contributed by atoms with Crippen LogP contribution in [0.2, 0.25) is 0 Å². The van der Waals surface area contributed by atoms with Crippen LogP contribution >= 0.6 is 15.9 Å². The Morgan fingerprint density at radius 3 is 2.60 bits per heavy atom. The lowest BCUT2D eigenvalue weighted by Gasteiger charge is -2.05. The molecule has 0 aliphatic heterocycles. The van der Waals surface area contributed by atoms with E-state index in [1.807, 2.05) is 30.3 Å². The first-order chi connectivity index (χ1) is 7.29. The van der Waals surface area contributed by atoms with Crippen molar-refractivity contribution in [3.05, 3.63) is 52.3 Å². The van der Waals surface area contributed by atoms with Crippen molar-refractivity contribution in [1.29, 1.82) is 0 Å². The summed E-state index contributed by atoms with van der Waals surface area (Å²) in [6.45, 7) is 0.715. The molecule has 0 atom stereocenters. The van der Waals surface area contributed by atoms with E-state index >= 15 is 0 Å². The third kappa shape index (κ3) is 2.46. The maximum atomic E-state index is 9.06. The lowest BCUT2D eigenvalue weighted by Crippen LogP contribution is -2.05. The molecule has 4 heteroatoms. The number of hydrogen-bond acceptors (Lipinski definition) is 2. The molecule has 0 radical (unpaired) electrons. The van der Waals surface area contributed by atoms with E-state index in [9.17, 15) is 0 Å². The zero-order valence-corrected chi connectivity index (χ0v) is 9.68.